The van der Waals surface area contributed by atoms with Crippen molar-refractivity contribution in [2.75, 3.05) is 7.11 Å². The van der Waals surface area contributed by atoms with Crippen LogP contribution in [0.3, 0.4) is 0 Å². The van der Waals surface area contributed by atoms with Crippen LogP contribution in [0, 0.1) is 24.4 Å². The molecule has 0 aliphatic heterocycles. The fraction of sp³-hybridized carbons (Fsp3) is 0.200. The van der Waals surface area contributed by atoms with Gasteiger partial charge in [-0.05, 0) is 24.1 Å². The second kappa shape index (κ2) is 5.87. The van der Waals surface area contributed by atoms with Gasteiger partial charge in [0.15, 0.2) is 0 Å². The molecule has 0 radical (unpaired) electrons. The van der Waals surface area contributed by atoms with Crippen LogP contribution >= 0.6 is 15.9 Å². The Kier molecular flexibility index (Phi) is 4.38. The standard InChI is InChI=1S/C15H12BrF3O/c1-8-3-4-9(5-13(8)20-2)15(16)14-11(18)6-10(17)7-12(14)19/h3-7,15H,1-2H3. The lowest BCUT2D eigenvalue weighted by atomic mass is 10.0. The Morgan fingerprint density at radius 3 is 2.20 bits per heavy atom. The number of hydrogen-bond acceptors (Lipinski definition) is 1. The molecule has 0 heterocycles. The molecule has 2 rings (SSSR count). The molecule has 20 heavy (non-hydrogen) atoms. The molecule has 0 saturated carbocycles. The van der Waals surface area contributed by atoms with Crippen molar-refractivity contribution in [3.05, 3.63) is 64.5 Å². The highest BCUT2D eigenvalue weighted by molar-refractivity contribution is 9.09. The number of benzene rings is 2. The van der Waals surface area contributed by atoms with Gasteiger partial charge in [0, 0.05) is 17.7 Å². The summed E-state index contributed by atoms with van der Waals surface area (Å²) < 4.78 is 45.6. The molecule has 2 aromatic carbocycles. The predicted molar refractivity (Wildman–Crippen MR) is 74.8 cm³/mol. The second-order valence-corrected chi connectivity index (χ2v) is 5.29. The van der Waals surface area contributed by atoms with E-state index in [0.717, 1.165) is 5.56 Å². The average Bonchev–Trinajstić information content (AvgIpc) is 2.37. The molecule has 0 fully saturated rings. The third-order valence-corrected chi connectivity index (χ3v) is 4.01. The Morgan fingerprint density at radius 1 is 1.05 bits per heavy atom. The highest BCUT2D eigenvalue weighted by Gasteiger charge is 2.21. The van der Waals surface area contributed by atoms with Crippen LogP contribution in [-0.4, -0.2) is 7.11 Å². The highest BCUT2D eigenvalue weighted by atomic mass is 79.9. The molecule has 2 aromatic rings. The fourth-order valence-corrected chi connectivity index (χ4v) is 2.68. The van der Waals surface area contributed by atoms with E-state index < -0.39 is 22.3 Å². The van der Waals surface area contributed by atoms with E-state index in [1.54, 1.807) is 18.2 Å². The molecule has 5 heteroatoms. The van der Waals surface area contributed by atoms with E-state index in [9.17, 15) is 13.2 Å². The lowest BCUT2D eigenvalue weighted by Gasteiger charge is -2.15. The van der Waals surface area contributed by atoms with E-state index in [4.69, 9.17) is 4.74 Å². The van der Waals surface area contributed by atoms with Crippen LogP contribution in [0.4, 0.5) is 13.2 Å². The van der Waals surface area contributed by atoms with Crippen LogP contribution in [-0.2, 0) is 0 Å². The average molecular weight is 345 g/mol. The third kappa shape index (κ3) is 2.82. The minimum atomic E-state index is -0.940. The van der Waals surface area contributed by atoms with Gasteiger partial charge < -0.3 is 4.74 Å². The van der Waals surface area contributed by atoms with E-state index >= 15 is 0 Å². The summed E-state index contributed by atoms with van der Waals surface area (Å²) in [5, 5.41) is 0. The van der Waals surface area contributed by atoms with Crippen LogP contribution in [0.2, 0.25) is 0 Å². The summed E-state index contributed by atoms with van der Waals surface area (Å²) in [6.45, 7) is 1.87. The summed E-state index contributed by atoms with van der Waals surface area (Å²) in [6.07, 6.45) is 0. The van der Waals surface area contributed by atoms with Crippen LogP contribution in [0.1, 0.15) is 21.5 Å². The summed E-state index contributed by atoms with van der Waals surface area (Å²) in [7, 11) is 1.52. The van der Waals surface area contributed by atoms with Crippen molar-refractivity contribution in [1.29, 1.82) is 0 Å². The Labute approximate surface area is 123 Å². The number of alkyl halides is 1. The lowest BCUT2D eigenvalue weighted by Crippen LogP contribution is -2.02. The number of hydrogen-bond donors (Lipinski definition) is 0. The van der Waals surface area contributed by atoms with Crippen molar-refractivity contribution in [1.82, 2.24) is 0 Å². The normalized spacial score (nSPS) is 12.3. The molecule has 0 N–H and O–H groups in total. The third-order valence-electron chi connectivity index (χ3n) is 3.02. The first-order valence-corrected chi connectivity index (χ1v) is 6.78. The lowest BCUT2D eigenvalue weighted by molar-refractivity contribution is 0.411. The minimum Gasteiger partial charge on any atom is -0.496 e. The van der Waals surface area contributed by atoms with Crippen LogP contribution in [0.15, 0.2) is 30.3 Å². The summed E-state index contributed by atoms with van der Waals surface area (Å²) in [5.74, 6) is -2.17. The van der Waals surface area contributed by atoms with E-state index in [1.165, 1.54) is 7.11 Å². The zero-order chi connectivity index (χ0) is 14.9. The fourth-order valence-electron chi connectivity index (χ4n) is 1.96. The molecular formula is C15H12BrF3O. The molecule has 0 aliphatic rings. The van der Waals surface area contributed by atoms with Crippen molar-refractivity contribution >= 4 is 15.9 Å². The maximum atomic E-state index is 13.8. The van der Waals surface area contributed by atoms with Gasteiger partial charge in [-0.3, -0.25) is 0 Å². The minimum absolute atomic E-state index is 0.225. The van der Waals surface area contributed by atoms with Crippen molar-refractivity contribution in [3.63, 3.8) is 0 Å². The first-order valence-electron chi connectivity index (χ1n) is 5.87. The zero-order valence-electron chi connectivity index (χ0n) is 10.9. The molecule has 0 bridgehead atoms. The van der Waals surface area contributed by atoms with E-state index in [0.29, 0.717) is 23.4 Å². The molecule has 0 amide bonds. The van der Waals surface area contributed by atoms with Crippen molar-refractivity contribution in [3.8, 4) is 5.75 Å². The molecule has 1 nitrogen and oxygen atoms in total. The Bertz CT molecular complexity index is 620. The number of aryl methyl sites for hydroxylation is 1. The molecule has 0 aliphatic carbocycles. The van der Waals surface area contributed by atoms with Gasteiger partial charge in [-0.1, -0.05) is 28.1 Å². The topological polar surface area (TPSA) is 9.23 Å². The van der Waals surface area contributed by atoms with Gasteiger partial charge in [0.2, 0.25) is 0 Å². The van der Waals surface area contributed by atoms with Gasteiger partial charge in [0.1, 0.15) is 23.2 Å². The highest BCUT2D eigenvalue weighted by Crippen LogP contribution is 2.36. The molecule has 0 spiro atoms. The van der Waals surface area contributed by atoms with E-state index in [-0.39, 0.29) is 5.56 Å². The van der Waals surface area contributed by atoms with Gasteiger partial charge in [-0.2, -0.15) is 0 Å². The summed E-state index contributed by atoms with van der Waals surface area (Å²) in [6, 6.07) is 6.55. The monoisotopic (exact) mass is 344 g/mol. The van der Waals surface area contributed by atoms with Crippen LogP contribution in [0.25, 0.3) is 0 Å². The number of rotatable bonds is 3. The maximum absolute atomic E-state index is 13.8. The maximum Gasteiger partial charge on any atom is 0.133 e. The van der Waals surface area contributed by atoms with Crippen LogP contribution in [0.5, 0.6) is 5.75 Å². The quantitative estimate of drug-likeness (QED) is 0.719. The molecule has 1 atom stereocenters. The molecule has 0 aromatic heterocycles. The number of halogens is 4. The van der Waals surface area contributed by atoms with Gasteiger partial charge in [-0.15, -0.1) is 0 Å². The van der Waals surface area contributed by atoms with E-state index in [1.807, 2.05) is 6.92 Å². The molecule has 1 unspecified atom stereocenters. The van der Waals surface area contributed by atoms with Crippen molar-refractivity contribution < 1.29 is 17.9 Å². The van der Waals surface area contributed by atoms with E-state index in [2.05, 4.69) is 15.9 Å². The molecule has 106 valence electrons. The van der Waals surface area contributed by atoms with Crippen LogP contribution < -0.4 is 4.74 Å². The van der Waals surface area contributed by atoms with Gasteiger partial charge in [0.25, 0.3) is 0 Å². The first kappa shape index (κ1) is 14.9. The number of ether oxygens (including phenoxy) is 1. The first-order chi connectivity index (χ1) is 9.43. The van der Waals surface area contributed by atoms with Gasteiger partial charge >= 0.3 is 0 Å². The summed E-state index contributed by atoms with van der Waals surface area (Å²) in [4.78, 5) is -0.724. The Balaban J connectivity index is 2.49. The second-order valence-electron chi connectivity index (χ2n) is 4.37. The van der Waals surface area contributed by atoms with Crippen molar-refractivity contribution in [2.45, 2.75) is 11.8 Å². The smallest absolute Gasteiger partial charge is 0.133 e. The van der Waals surface area contributed by atoms with Gasteiger partial charge in [-0.25, -0.2) is 13.2 Å². The van der Waals surface area contributed by atoms with Crippen molar-refractivity contribution in [2.24, 2.45) is 0 Å². The largest absolute Gasteiger partial charge is 0.496 e. The summed E-state index contributed by atoms with van der Waals surface area (Å²) in [5.41, 5.74) is 1.31. The Hall–Kier alpha value is -1.49. The summed E-state index contributed by atoms with van der Waals surface area (Å²) >= 11 is 3.25. The molecule has 0 saturated heterocycles. The Morgan fingerprint density at radius 2 is 1.65 bits per heavy atom. The number of methoxy groups -OCH3 is 1. The van der Waals surface area contributed by atoms with Gasteiger partial charge in [0.05, 0.1) is 11.9 Å². The predicted octanol–water partition coefficient (Wildman–Crippen LogP) is 4.91. The zero-order valence-corrected chi connectivity index (χ0v) is 12.5. The SMILES string of the molecule is COc1cc(C(Br)c2c(F)cc(F)cc2F)ccc1C. The molecular weight excluding hydrogens is 333 g/mol.